The minimum atomic E-state index is -3.72. The predicted octanol–water partition coefficient (Wildman–Crippen LogP) is 2.85. The fourth-order valence-electron chi connectivity index (χ4n) is 3.20. The summed E-state index contributed by atoms with van der Waals surface area (Å²) >= 11 is 0. The molecule has 1 fully saturated rings. The second kappa shape index (κ2) is 8.20. The highest BCUT2D eigenvalue weighted by Gasteiger charge is 2.26. The zero-order valence-electron chi connectivity index (χ0n) is 16.3. The van der Waals surface area contributed by atoms with Crippen molar-refractivity contribution >= 4 is 15.9 Å². The minimum Gasteiger partial charge on any atom is -0.495 e. The summed E-state index contributed by atoms with van der Waals surface area (Å²) in [5, 5.41) is 9.50. The van der Waals surface area contributed by atoms with Gasteiger partial charge in [0.2, 0.25) is 27.5 Å². The first-order valence-corrected chi connectivity index (χ1v) is 10.6. The van der Waals surface area contributed by atoms with Gasteiger partial charge in [-0.25, -0.2) is 12.7 Å². The van der Waals surface area contributed by atoms with Gasteiger partial charge in [-0.05, 0) is 31.0 Å². The monoisotopic (exact) mass is 404 g/mol. The summed E-state index contributed by atoms with van der Waals surface area (Å²) < 4.78 is 37.6. The Balaban J connectivity index is 2.06. The molecule has 150 valence electrons. The van der Waals surface area contributed by atoms with Crippen LogP contribution in [0.5, 0.6) is 5.75 Å². The molecule has 9 heteroatoms. The Hall–Kier alpha value is -2.57. The third-order valence-corrected chi connectivity index (χ3v) is 6.61. The summed E-state index contributed by atoms with van der Waals surface area (Å²) in [5.74, 6) is 0.901. The van der Waals surface area contributed by atoms with E-state index in [2.05, 4.69) is 11.1 Å². The molecule has 0 radical (unpaired) electrons. The van der Waals surface area contributed by atoms with E-state index < -0.39 is 10.0 Å². The number of aromatic nitrogens is 1. The summed E-state index contributed by atoms with van der Waals surface area (Å²) in [7, 11) is 0.608. The Morgan fingerprint density at radius 1 is 1.21 bits per heavy atom. The van der Waals surface area contributed by atoms with Gasteiger partial charge in [-0.2, -0.15) is 10.2 Å². The molecule has 0 spiro atoms. The fourth-order valence-corrected chi connectivity index (χ4v) is 4.28. The van der Waals surface area contributed by atoms with Crippen molar-refractivity contribution in [1.29, 1.82) is 5.26 Å². The standard InChI is InChI=1S/C19H24N4O4S/c1-22(2)28(24,25)17-12-14(8-9-16(17)26-3)18-21-15(13-20)19(27-18)23-10-6-4-5-7-11-23/h8-9,12H,4-7,10-11H2,1-3H3. The van der Waals surface area contributed by atoms with Gasteiger partial charge in [-0.3, -0.25) is 0 Å². The summed E-state index contributed by atoms with van der Waals surface area (Å²) in [6, 6.07) is 6.79. The Labute approximate surface area is 165 Å². The van der Waals surface area contributed by atoms with Crippen molar-refractivity contribution in [2.24, 2.45) is 0 Å². The molecule has 1 aromatic heterocycles. The molecule has 8 nitrogen and oxygen atoms in total. The lowest BCUT2D eigenvalue weighted by Crippen LogP contribution is -2.24. The van der Waals surface area contributed by atoms with Crippen molar-refractivity contribution in [3.63, 3.8) is 0 Å². The molecule has 1 aliphatic rings. The van der Waals surface area contributed by atoms with Gasteiger partial charge in [-0.1, -0.05) is 12.8 Å². The molecule has 0 atom stereocenters. The number of sulfonamides is 1. The fraction of sp³-hybridized carbons (Fsp3) is 0.474. The molecule has 1 aromatic carbocycles. The summed E-state index contributed by atoms with van der Waals surface area (Å²) in [5.41, 5.74) is 0.684. The third kappa shape index (κ3) is 3.84. The van der Waals surface area contributed by atoms with Crippen LogP contribution in [0.15, 0.2) is 27.5 Å². The molecule has 0 N–H and O–H groups in total. The molecule has 0 saturated carbocycles. The van der Waals surface area contributed by atoms with Gasteiger partial charge in [0.15, 0.2) is 0 Å². The zero-order chi connectivity index (χ0) is 20.3. The van der Waals surface area contributed by atoms with E-state index in [0.29, 0.717) is 11.4 Å². The summed E-state index contributed by atoms with van der Waals surface area (Å²) in [4.78, 5) is 6.37. The summed E-state index contributed by atoms with van der Waals surface area (Å²) in [6.45, 7) is 1.62. The molecule has 0 bridgehead atoms. The maximum absolute atomic E-state index is 12.6. The van der Waals surface area contributed by atoms with Gasteiger partial charge in [0.25, 0.3) is 0 Å². The number of hydrogen-bond donors (Lipinski definition) is 0. The molecule has 0 aliphatic carbocycles. The molecule has 2 aromatic rings. The van der Waals surface area contributed by atoms with Gasteiger partial charge in [0.05, 0.1) is 7.11 Å². The smallest absolute Gasteiger partial charge is 0.246 e. The highest BCUT2D eigenvalue weighted by atomic mass is 32.2. The zero-order valence-corrected chi connectivity index (χ0v) is 17.1. The van der Waals surface area contributed by atoms with Crippen molar-refractivity contribution in [2.45, 2.75) is 30.6 Å². The lowest BCUT2D eigenvalue weighted by Gasteiger charge is -2.18. The molecule has 1 saturated heterocycles. The van der Waals surface area contributed by atoms with E-state index in [9.17, 15) is 13.7 Å². The first-order valence-electron chi connectivity index (χ1n) is 9.15. The topological polar surface area (TPSA) is 99.7 Å². The lowest BCUT2D eigenvalue weighted by atomic mass is 10.2. The van der Waals surface area contributed by atoms with Gasteiger partial charge in [0, 0.05) is 32.7 Å². The first-order chi connectivity index (χ1) is 13.4. The number of methoxy groups -OCH3 is 1. The van der Waals surface area contributed by atoms with E-state index in [1.807, 2.05) is 4.90 Å². The molecule has 2 heterocycles. The van der Waals surface area contributed by atoms with Crippen LogP contribution in [0.4, 0.5) is 5.88 Å². The molecule has 0 unspecified atom stereocenters. The highest BCUT2D eigenvalue weighted by molar-refractivity contribution is 7.89. The van der Waals surface area contributed by atoms with Crippen molar-refractivity contribution in [1.82, 2.24) is 9.29 Å². The maximum atomic E-state index is 12.6. The molecule has 1 aliphatic heterocycles. The number of nitrogens with zero attached hydrogens (tertiary/aromatic N) is 4. The number of rotatable bonds is 5. The van der Waals surface area contributed by atoms with E-state index >= 15 is 0 Å². The number of nitriles is 1. The van der Waals surface area contributed by atoms with Crippen LogP contribution in [-0.4, -0.2) is 52.0 Å². The molecular formula is C19H24N4O4S. The maximum Gasteiger partial charge on any atom is 0.246 e. The van der Waals surface area contributed by atoms with E-state index in [1.54, 1.807) is 12.1 Å². The second-order valence-electron chi connectivity index (χ2n) is 6.84. The van der Waals surface area contributed by atoms with Crippen molar-refractivity contribution in [3.8, 4) is 23.3 Å². The van der Waals surface area contributed by atoms with Crippen LogP contribution < -0.4 is 9.64 Å². The molecule has 0 amide bonds. The van der Waals surface area contributed by atoms with Crippen molar-refractivity contribution in [2.75, 3.05) is 39.2 Å². The first kappa shape index (κ1) is 20.2. The number of hydrogen-bond acceptors (Lipinski definition) is 7. The second-order valence-corrected chi connectivity index (χ2v) is 8.96. The lowest BCUT2D eigenvalue weighted by molar-refractivity contribution is 0.400. The van der Waals surface area contributed by atoms with Crippen LogP contribution in [-0.2, 0) is 10.0 Å². The Morgan fingerprint density at radius 3 is 2.46 bits per heavy atom. The number of benzene rings is 1. The Bertz CT molecular complexity index is 984. The number of ether oxygens (including phenoxy) is 1. The highest BCUT2D eigenvalue weighted by Crippen LogP contribution is 2.34. The van der Waals surface area contributed by atoms with Gasteiger partial charge >= 0.3 is 0 Å². The Morgan fingerprint density at radius 2 is 1.89 bits per heavy atom. The van der Waals surface area contributed by atoms with Crippen LogP contribution in [0.25, 0.3) is 11.5 Å². The number of oxazole rings is 1. The van der Waals surface area contributed by atoms with E-state index in [-0.39, 0.29) is 22.2 Å². The van der Waals surface area contributed by atoms with Crippen LogP contribution in [0.2, 0.25) is 0 Å². The third-order valence-electron chi connectivity index (χ3n) is 4.78. The normalized spacial score (nSPS) is 15.3. The van der Waals surface area contributed by atoms with E-state index in [1.165, 1.54) is 27.3 Å². The van der Waals surface area contributed by atoms with Crippen LogP contribution >= 0.6 is 0 Å². The van der Waals surface area contributed by atoms with Gasteiger partial charge < -0.3 is 14.1 Å². The van der Waals surface area contributed by atoms with Crippen LogP contribution in [0.1, 0.15) is 31.4 Å². The predicted molar refractivity (Wildman–Crippen MR) is 105 cm³/mol. The van der Waals surface area contributed by atoms with Gasteiger partial charge in [-0.15, -0.1) is 0 Å². The van der Waals surface area contributed by atoms with Gasteiger partial charge in [0.1, 0.15) is 16.7 Å². The largest absolute Gasteiger partial charge is 0.495 e. The Kier molecular flexibility index (Phi) is 5.91. The van der Waals surface area contributed by atoms with E-state index in [0.717, 1.165) is 43.1 Å². The van der Waals surface area contributed by atoms with Crippen molar-refractivity contribution in [3.05, 3.63) is 23.9 Å². The molecule has 28 heavy (non-hydrogen) atoms. The average molecular weight is 404 g/mol. The minimum absolute atomic E-state index is 0.0190. The van der Waals surface area contributed by atoms with E-state index in [4.69, 9.17) is 9.15 Å². The quantitative estimate of drug-likeness (QED) is 0.755. The summed E-state index contributed by atoms with van der Waals surface area (Å²) in [6.07, 6.45) is 4.39. The average Bonchev–Trinajstić information content (AvgIpc) is 2.94. The SMILES string of the molecule is COc1ccc(-c2nc(C#N)c(N3CCCCCC3)o2)cc1S(=O)(=O)N(C)C. The van der Waals surface area contributed by atoms with Crippen LogP contribution in [0, 0.1) is 11.3 Å². The van der Waals surface area contributed by atoms with Crippen molar-refractivity contribution < 1.29 is 17.6 Å². The van der Waals surface area contributed by atoms with Crippen LogP contribution in [0.3, 0.4) is 0 Å². The molecule has 3 rings (SSSR count). The number of anilines is 1. The molecular weight excluding hydrogens is 380 g/mol.